The molecule has 2 rings (SSSR count). The Morgan fingerprint density at radius 1 is 1.17 bits per heavy atom. The van der Waals surface area contributed by atoms with Gasteiger partial charge in [0.05, 0.1) is 12.6 Å². The second-order valence-electron chi connectivity index (χ2n) is 5.57. The lowest BCUT2D eigenvalue weighted by Gasteiger charge is -2.21. The number of rotatable bonds is 8. The molecule has 0 heterocycles. The fourth-order valence-electron chi connectivity index (χ4n) is 2.40. The van der Waals surface area contributed by atoms with Crippen LogP contribution in [0.4, 0.5) is 10.1 Å². The molecule has 122 valence electrons. The van der Waals surface area contributed by atoms with Gasteiger partial charge < -0.3 is 9.64 Å². The van der Waals surface area contributed by atoms with Gasteiger partial charge in [-0.15, -0.1) is 0 Å². The molecular weight excluding hydrogens is 293 g/mol. The zero-order valence-corrected chi connectivity index (χ0v) is 13.5. The number of ether oxygens (including phenoxy) is 1. The summed E-state index contributed by atoms with van der Waals surface area (Å²) in [5, 5.41) is 0. The molecule has 0 unspecified atom stereocenters. The van der Waals surface area contributed by atoms with Crippen LogP contribution in [0.25, 0.3) is 0 Å². The minimum absolute atomic E-state index is 0.110. The highest BCUT2D eigenvalue weighted by atomic mass is 19.1. The molecule has 0 aliphatic rings. The maximum Gasteiger partial charge on any atom is 0.214 e. The fourth-order valence-corrected chi connectivity index (χ4v) is 2.40. The SMILES string of the molecule is CO[C@@H](C)CN(C=O)c1ccc(CCc2ccccc2)c(F)c1. The molecule has 3 nitrogen and oxygen atoms in total. The average molecular weight is 315 g/mol. The van der Waals surface area contributed by atoms with Crippen LogP contribution in [-0.4, -0.2) is 26.2 Å². The summed E-state index contributed by atoms with van der Waals surface area (Å²) in [7, 11) is 1.58. The Kier molecular flexibility index (Phi) is 6.29. The maximum atomic E-state index is 14.3. The van der Waals surface area contributed by atoms with Crippen LogP contribution in [0.15, 0.2) is 48.5 Å². The van der Waals surface area contributed by atoms with Gasteiger partial charge in [-0.05, 0) is 43.0 Å². The van der Waals surface area contributed by atoms with Gasteiger partial charge in [0.2, 0.25) is 6.41 Å². The lowest BCUT2D eigenvalue weighted by molar-refractivity contribution is -0.107. The van der Waals surface area contributed by atoms with E-state index in [9.17, 15) is 9.18 Å². The number of carbonyl (C=O) groups excluding carboxylic acids is 1. The number of anilines is 1. The van der Waals surface area contributed by atoms with Crippen molar-refractivity contribution in [3.05, 3.63) is 65.5 Å². The largest absolute Gasteiger partial charge is 0.380 e. The number of hydrogen-bond donors (Lipinski definition) is 0. The van der Waals surface area contributed by atoms with Gasteiger partial charge in [0.25, 0.3) is 0 Å². The first-order valence-electron chi connectivity index (χ1n) is 7.71. The summed E-state index contributed by atoms with van der Waals surface area (Å²) >= 11 is 0. The van der Waals surface area contributed by atoms with Crippen LogP contribution in [-0.2, 0) is 22.4 Å². The number of methoxy groups -OCH3 is 1. The molecule has 23 heavy (non-hydrogen) atoms. The van der Waals surface area contributed by atoms with Crippen LogP contribution >= 0.6 is 0 Å². The molecule has 4 heteroatoms. The summed E-state index contributed by atoms with van der Waals surface area (Å²) in [5.74, 6) is -0.282. The Labute approximate surface area is 136 Å². The third-order valence-electron chi connectivity index (χ3n) is 3.88. The highest BCUT2D eigenvalue weighted by molar-refractivity contribution is 5.75. The van der Waals surface area contributed by atoms with Crippen LogP contribution in [0.2, 0.25) is 0 Å². The smallest absolute Gasteiger partial charge is 0.214 e. The summed E-state index contributed by atoms with van der Waals surface area (Å²) < 4.78 is 19.4. The summed E-state index contributed by atoms with van der Waals surface area (Å²) in [6.45, 7) is 2.25. The average Bonchev–Trinajstić information content (AvgIpc) is 2.59. The molecule has 0 bridgehead atoms. The van der Waals surface area contributed by atoms with Gasteiger partial charge in [0.1, 0.15) is 5.82 Å². The molecule has 1 amide bonds. The monoisotopic (exact) mass is 315 g/mol. The molecule has 0 saturated carbocycles. The van der Waals surface area contributed by atoms with E-state index in [-0.39, 0.29) is 11.9 Å². The normalized spacial score (nSPS) is 12.0. The van der Waals surface area contributed by atoms with E-state index in [4.69, 9.17) is 4.74 Å². The summed E-state index contributed by atoms with van der Waals surface area (Å²) in [6, 6.07) is 14.9. The highest BCUT2D eigenvalue weighted by Gasteiger charge is 2.12. The third-order valence-corrected chi connectivity index (χ3v) is 3.88. The Morgan fingerprint density at radius 2 is 1.91 bits per heavy atom. The molecule has 0 radical (unpaired) electrons. The number of carbonyl (C=O) groups is 1. The standard InChI is InChI=1S/C19H22FNO2/c1-15(23-2)13-21(14-22)18-11-10-17(19(20)12-18)9-8-16-6-4-3-5-7-16/h3-7,10-12,14-15H,8-9,13H2,1-2H3/t15-/m0/s1. The van der Waals surface area contributed by atoms with Crippen LogP contribution < -0.4 is 4.90 Å². The topological polar surface area (TPSA) is 29.5 Å². The Bertz CT molecular complexity index is 631. The van der Waals surface area contributed by atoms with E-state index in [1.807, 2.05) is 37.3 Å². The van der Waals surface area contributed by atoms with E-state index in [1.54, 1.807) is 19.2 Å². The molecular formula is C19H22FNO2. The molecule has 0 fully saturated rings. The zero-order valence-electron chi connectivity index (χ0n) is 13.5. The van der Waals surface area contributed by atoms with Crippen molar-refractivity contribution in [3.63, 3.8) is 0 Å². The molecule has 1 atom stereocenters. The van der Waals surface area contributed by atoms with E-state index in [0.717, 1.165) is 6.42 Å². The number of benzene rings is 2. The fraction of sp³-hybridized carbons (Fsp3) is 0.316. The van der Waals surface area contributed by atoms with Crippen LogP contribution in [0.3, 0.4) is 0 Å². The third kappa shape index (κ3) is 4.89. The van der Waals surface area contributed by atoms with Crippen molar-refractivity contribution in [1.82, 2.24) is 0 Å². The lowest BCUT2D eigenvalue weighted by atomic mass is 10.0. The lowest BCUT2D eigenvalue weighted by Crippen LogP contribution is -2.30. The minimum Gasteiger partial charge on any atom is -0.380 e. The molecule has 0 aromatic heterocycles. The van der Waals surface area contributed by atoms with Gasteiger partial charge in [0.15, 0.2) is 0 Å². The van der Waals surface area contributed by atoms with Crippen molar-refractivity contribution in [2.24, 2.45) is 0 Å². The van der Waals surface area contributed by atoms with Crippen molar-refractivity contribution in [2.45, 2.75) is 25.9 Å². The Morgan fingerprint density at radius 3 is 2.52 bits per heavy atom. The summed E-state index contributed by atoms with van der Waals surface area (Å²) in [4.78, 5) is 12.7. The molecule has 2 aromatic carbocycles. The van der Waals surface area contributed by atoms with E-state index >= 15 is 0 Å². The second-order valence-corrected chi connectivity index (χ2v) is 5.57. The molecule has 0 aliphatic carbocycles. The van der Waals surface area contributed by atoms with Crippen molar-refractivity contribution in [3.8, 4) is 0 Å². The van der Waals surface area contributed by atoms with E-state index in [1.165, 1.54) is 16.5 Å². The summed E-state index contributed by atoms with van der Waals surface area (Å²) in [5.41, 5.74) is 2.38. The second kappa shape index (κ2) is 8.44. The number of hydrogen-bond acceptors (Lipinski definition) is 2. The molecule has 0 N–H and O–H groups in total. The number of halogens is 1. The predicted molar refractivity (Wildman–Crippen MR) is 90.1 cm³/mol. The van der Waals surface area contributed by atoms with E-state index in [2.05, 4.69) is 0 Å². The number of amides is 1. The highest BCUT2D eigenvalue weighted by Crippen LogP contribution is 2.20. The Balaban J connectivity index is 2.06. The van der Waals surface area contributed by atoms with Crippen LogP contribution in [0.5, 0.6) is 0 Å². The van der Waals surface area contributed by atoms with Crippen molar-refractivity contribution in [2.75, 3.05) is 18.6 Å². The first-order valence-corrected chi connectivity index (χ1v) is 7.71. The van der Waals surface area contributed by atoms with Gasteiger partial charge in [0, 0.05) is 12.8 Å². The van der Waals surface area contributed by atoms with Gasteiger partial charge in [-0.1, -0.05) is 36.4 Å². The predicted octanol–water partition coefficient (Wildman–Crippen LogP) is 3.61. The van der Waals surface area contributed by atoms with Crippen LogP contribution in [0.1, 0.15) is 18.1 Å². The summed E-state index contributed by atoms with van der Waals surface area (Å²) in [6.07, 6.45) is 2.01. The molecule has 0 aliphatic heterocycles. The first kappa shape index (κ1) is 17.2. The zero-order chi connectivity index (χ0) is 16.7. The van der Waals surface area contributed by atoms with Gasteiger partial charge >= 0.3 is 0 Å². The van der Waals surface area contributed by atoms with Crippen molar-refractivity contribution < 1.29 is 13.9 Å². The molecule has 0 saturated heterocycles. The van der Waals surface area contributed by atoms with E-state index in [0.29, 0.717) is 30.6 Å². The molecule has 2 aromatic rings. The van der Waals surface area contributed by atoms with Crippen molar-refractivity contribution in [1.29, 1.82) is 0 Å². The van der Waals surface area contributed by atoms with Gasteiger partial charge in [-0.2, -0.15) is 0 Å². The Hall–Kier alpha value is -2.20. The molecule has 0 spiro atoms. The quantitative estimate of drug-likeness (QED) is 0.697. The van der Waals surface area contributed by atoms with Crippen LogP contribution in [0, 0.1) is 5.82 Å². The number of aryl methyl sites for hydroxylation is 2. The first-order chi connectivity index (χ1) is 11.1. The van der Waals surface area contributed by atoms with Crippen molar-refractivity contribution >= 4 is 12.1 Å². The minimum atomic E-state index is -0.282. The van der Waals surface area contributed by atoms with E-state index < -0.39 is 0 Å². The maximum absolute atomic E-state index is 14.3. The van der Waals surface area contributed by atoms with Gasteiger partial charge in [-0.3, -0.25) is 4.79 Å². The number of nitrogens with zero attached hydrogens (tertiary/aromatic N) is 1. The van der Waals surface area contributed by atoms with Gasteiger partial charge in [-0.25, -0.2) is 4.39 Å².